The number of benzene rings is 1. The van der Waals surface area contributed by atoms with Crippen molar-refractivity contribution < 1.29 is 22.8 Å². The quantitative estimate of drug-likeness (QED) is 0.339. The molecule has 4 aromatic rings. The number of aromatic nitrogens is 5. The zero-order chi connectivity index (χ0) is 24.3. The summed E-state index contributed by atoms with van der Waals surface area (Å²) in [7, 11) is 0. The van der Waals surface area contributed by atoms with Crippen molar-refractivity contribution in [2.24, 2.45) is 0 Å². The summed E-state index contributed by atoms with van der Waals surface area (Å²) in [6, 6.07) is 4.67. The van der Waals surface area contributed by atoms with Gasteiger partial charge >= 0.3 is 6.18 Å². The molecule has 174 valence electrons. The Kier molecular flexibility index (Phi) is 6.70. The van der Waals surface area contributed by atoms with Crippen LogP contribution in [0.3, 0.4) is 0 Å². The molecule has 0 aliphatic rings. The normalized spacial score (nSPS) is 11.4. The first-order valence-electron chi connectivity index (χ1n) is 9.68. The Bertz CT molecular complexity index is 1340. The molecule has 34 heavy (non-hydrogen) atoms. The number of Topliss-reactive ketones (excluding diaryl/α,β-unsaturated/α-hetero) is 1. The number of amides is 1. The van der Waals surface area contributed by atoms with Crippen molar-refractivity contribution in [2.45, 2.75) is 19.0 Å². The number of aryl methyl sites for hydroxylation is 1. The fourth-order valence-corrected chi connectivity index (χ4v) is 3.99. The van der Waals surface area contributed by atoms with Crippen molar-refractivity contribution in [2.75, 3.05) is 5.32 Å². The number of thiazole rings is 1. The van der Waals surface area contributed by atoms with Gasteiger partial charge in [-0.15, -0.1) is 11.3 Å². The van der Waals surface area contributed by atoms with Gasteiger partial charge in [0, 0.05) is 30.3 Å². The van der Waals surface area contributed by atoms with E-state index >= 15 is 0 Å². The summed E-state index contributed by atoms with van der Waals surface area (Å²) in [4.78, 5) is 37.4. The molecule has 0 aliphatic heterocycles. The molecule has 0 radical (unpaired) electrons. The van der Waals surface area contributed by atoms with Crippen LogP contribution in [0, 0.1) is 0 Å². The third-order valence-electron chi connectivity index (χ3n) is 4.62. The van der Waals surface area contributed by atoms with E-state index in [0.717, 1.165) is 29.0 Å². The molecule has 0 aliphatic carbocycles. The van der Waals surface area contributed by atoms with Crippen molar-refractivity contribution in [3.63, 3.8) is 0 Å². The summed E-state index contributed by atoms with van der Waals surface area (Å²) in [6.07, 6.45) is 1.54. The van der Waals surface area contributed by atoms with E-state index in [-0.39, 0.29) is 34.9 Å². The Balaban J connectivity index is 1.38. The van der Waals surface area contributed by atoms with Gasteiger partial charge < -0.3 is 5.32 Å². The second kappa shape index (κ2) is 9.69. The first kappa shape index (κ1) is 23.5. The molecule has 3 heterocycles. The van der Waals surface area contributed by atoms with Crippen LogP contribution < -0.4 is 5.32 Å². The lowest BCUT2D eigenvalue weighted by molar-refractivity contribution is -0.137. The van der Waals surface area contributed by atoms with Crippen LogP contribution in [-0.4, -0.2) is 36.8 Å². The lowest BCUT2D eigenvalue weighted by atomic mass is 10.1. The SMILES string of the molecule is O=C(CCc1ncc(C(=O)Nc2ccc(Cl)c(C(F)(F)F)c2)s1)c1cc(-c2cn[nH]c2)ncn1. The smallest absolute Gasteiger partial charge is 0.321 e. The summed E-state index contributed by atoms with van der Waals surface area (Å²) in [5, 5.41) is 8.98. The Morgan fingerprint density at radius 2 is 1.94 bits per heavy atom. The molecule has 1 amide bonds. The molecule has 0 bridgehead atoms. The molecule has 0 saturated heterocycles. The zero-order valence-corrected chi connectivity index (χ0v) is 18.6. The number of H-pyrrole nitrogens is 1. The van der Waals surface area contributed by atoms with Crippen LogP contribution in [0.2, 0.25) is 5.02 Å². The molecule has 0 saturated carbocycles. The summed E-state index contributed by atoms with van der Waals surface area (Å²) in [6.45, 7) is 0. The van der Waals surface area contributed by atoms with Crippen molar-refractivity contribution in [1.29, 1.82) is 0 Å². The number of rotatable bonds is 7. The lowest BCUT2D eigenvalue weighted by Gasteiger charge is -2.11. The number of carbonyl (C=O) groups excluding carboxylic acids is 2. The molecule has 13 heteroatoms. The first-order valence-corrected chi connectivity index (χ1v) is 10.9. The maximum absolute atomic E-state index is 13.0. The number of halogens is 4. The largest absolute Gasteiger partial charge is 0.417 e. The number of carbonyl (C=O) groups is 2. The van der Waals surface area contributed by atoms with Crippen molar-refractivity contribution in [3.8, 4) is 11.3 Å². The number of anilines is 1. The summed E-state index contributed by atoms with van der Waals surface area (Å²) in [5.41, 5.74) is 0.412. The van der Waals surface area contributed by atoms with Crippen molar-refractivity contribution >= 4 is 40.3 Å². The fraction of sp³-hybridized carbons (Fsp3) is 0.143. The van der Waals surface area contributed by atoms with Crippen LogP contribution in [0.4, 0.5) is 18.9 Å². The predicted octanol–water partition coefficient (Wildman–Crippen LogP) is 5.06. The number of hydrogen-bond donors (Lipinski definition) is 2. The summed E-state index contributed by atoms with van der Waals surface area (Å²) >= 11 is 6.64. The molecular weight excluding hydrogens is 493 g/mol. The number of nitrogens with one attached hydrogen (secondary N) is 2. The van der Waals surface area contributed by atoms with Gasteiger partial charge in [-0.1, -0.05) is 11.6 Å². The van der Waals surface area contributed by atoms with E-state index in [1.165, 1.54) is 18.6 Å². The van der Waals surface area contributed by atoms with E-state index < -0.39 is 22.7 Å². The Morgan fingerprint density at radius 1 is 1.12 bits per heavy atom. The Labute approximate surface area is 199 Å². The van der Waals surface area contributed by atoms with Gasteiger partial charge in [-0.05, 0) is 24.3 Å². The predicted molar refractivity (Wildman–Crippen MR) is 119 cm³/mol. The molecule has 3 aromatic heterocycles. The van der Waals surface area contributed by atoms with E-state index in [2.05, 4.69) is 30.5 Å². The number of alkyl halides is 3. The van der Waals surface area contributed by atoms with Gasteiger partial charge in [0.2, 0.25) is 0 Å². The van der Waals surface area contributed by atoms with Gasteiger partial charge in [-0.3, -0.25) is 14.7 Å². The average Bonchev–Trinajstić information content (AvgIpc) is 3.50. The monoisotopic (exact) mass is 506 g/mol. The van der Waals surface area contributed by atoms with E-state index in [4.69, 9.17) is 11.6 Å². The maximum atomic E-state index is 13.0. The topological polar surface area (TPSA) is 114 Å². The van der Waals surface area contributed by atoms with Crippen molar-refractivity contribution in [3.05, 3.63) is 75.3 Å². The van der Waals surface area contributed by atoms with Gasteiger partial charge in [-0.2, -0.15) is 18.3 Å². The molecule has 0 fully saturated rings. The van der Waals surface area contributed by atoms with Crippen LogP contribution in [0.25, 0.3) is 11.3 Å². The molecule has 0 unspecified atom stereocenters. The molecule has 0 spiro atoms. The minimum absolute atomic E-state index is 0.0518. The Morgan fingerprint density at radius 3 is 2.68 bits per heavy atom. The number of ketones is 1. The number of aromatic amines is 1. The van der Waals surface area contributed by atoms with Gasteiger partial charge in [-0.25, -0.2) is 15.0 Å². The minimum Gasteiger partial charge on any atom is -0.321 e. The molecule has 2 N–H and O–H groups in total. The van der Waals surface area contributed by atoms with Crippen LogP contribution >= 0.6 is 22.9 Å². The Hall–Kier alpha value is -3.64. The first-order chi connectivity index (χ1) is 16.2. The van der Waals surface area contributed by atoms with Crippen LogP contribution in [0.5, 0.6) is 0 Å². The van der Waals surface area contributed by atoms with Crippen LogP contribution in [0.15, 0.2) is 49.2 Å². The average molecular weight is 507 g/mol. The highest BCUT2D eigenvalue weighted by Crippen LogP contribution is 2.36. The standard InChI is InChI=1S/C21H14ClF3N6O2S/c22-14-2-1-12(5-13(14)21(23,24)25)31-20(33)18-9-26-19(34-18)4-3-17(32)16-6-15(27-10-28-16)11-7-29-30-8-11/h1-2,5-10H,3-4H2,(H,29,30)(H,31,33). The van der Waals surface area contributed by atoms with Crippen LogP contribution in [-0.2, 0) is 12.6 Å². The molecular formula is C21H14ClF3N6O2S. The maximum Gasteiger partial charge on any atom is 0.417 e. The lowest BCUT2D eigenvalue weighted by Crippen LogP contribution is -2.12. The minimum atomic E-state index is -4.65. The van der Waals surface area contributed by atoms with E-state index in [1.807, 2.05) is 0 Å². The van der Waals surface area contributed by atoms with Crippen LogP contribution in [0.1, 0.15) is 37.2 Å². The summed E-state index contributed by atoms with van der Waals surface area (Å²) < 4.78 is 39.0. The van der Waals surface area contributed by atoms with Gasteiger partial charge in [0.15, 0.2) is 5.78 Å². The second-order valence-corrected chi connectivity index (χ2v) is 8.49. The third kappa shape index (κ3) is 5.46. The van der Waals surface area contributed by atoms with Gasteiger partial charge in [0.05, 0.1) is 33.7 Å². The van der Waals surface area contributed by atoms with Crippen molar-refractivity contribution in [1.82, 2.24) is 25.1 Å². The third-order valence-corrected chi connectivity index (χ3v) is 6.01. The highest BCUT2D eigenvalue weighted by atomic mass is 35.5. The summed E-state index contributed by atoms with van der Waals surface area (Å²) in [5.74, 6) is -0.847. The fourth-order valence-electron chi connectivity index (χ4n) is 2.95. The zero-order valence-electron chi connectivity index (χ0n) is 17.1. The number of nitrogens with zero attached hydrogens (tertiary/aromatic N) is 4. The molecule has 1 aromatic carbocycles. The van der Waals surface area contributed by atoms with E-state index in [0.29, 0.717) is 10.7 Å². The van der Waals surface area contributed by atoms with E-state index in [9.17, 15) is 22.8 Å². The number of hydrogen-bond acceptors (Lipinski definition) is 7. The van der Waals surface area contributed by atoms with Gasteiger partial charge in [0.25, 0.3) is 5.91 Å². The molecule has 4 rings (SSSR count). The van der Waals surface area contributed by atoms with E-state index in [1.54, 1.807) is 18.5 Å². The highest BCUT2D eigenvalue weighted by molar-refractivity contribution is 7.13. The molecule has 8 nitrogen and oxygen atoms in total. The second-order valence-electron chi connectivity index (χ2n) is 6.96. The highest BCUT2D eigenvalue weighted by Gasteiger charge is 2.33. The van der Waals surface area contributed by atoms with Gasteiger partial charge in [0.1, 0.15) is 16.9 Å². The molecule has 0 atom stereocenters.